The van der Waals surface area contributed by atoms with Crippen LogP contribution in [-0.4, -0.2) is 5.11 Å². The maximum Gasteiger partial charge on any atom is 0.134 e. The zero-order valence-electron chi connectivity index (χ0n) is 11.2. The lowest BCUT2D eigenvalue weighted by molar-refractivity contribution is 0.474. The van der Waals surface area contributed by atoms with Crippen LogP contribution in [0.5, 0.6) is 5.75 Å². The van der Waals surface area contributed by atoms with Gasteiger partial charge in [0, 0.05) is 9.89 Å². The van der Waals surface area contributed by atoms with Crippen LogP contribution >= 0.6 is 27.5 Å². The van der Waals surface area contributed by atoms with Gasteiger partial charge in [0.25, 0.3) is 0 Å². The quantitative estimate of drug-likeness (QED) is 0.772. The molecule has 2 aromatic rings. The van der Waals surface area contributed by atoms with Crippen LogP contribution < -0.4 is 0 Å². The lowest BCUT2D eigenvalue weighted by Crippen LogP contribution is -2.18. The smallest absolute Gasteiger partial charge is 0.134 e. The first-order chi connectivity index (χ1) is 8.82. The van der Waals surface area contributed by atoms with Crippen molar-refractivity contribution in [1.29, 1.82) is 0 Å². The molecule has 19 heavy (non-hydrogen) atoms. The summed E-state index contributed by atoms with van der Waals surface area (Å²) in [6, 6.07) is 11.7. The van der Waals surface area contributed by atoms with Crippen LogP contribution in [0.4, 0.5) is 0 Å². The van der Waals surface area contributed by atoms with Gasteiger partial charge in [-0.3, -0.25) is 0 Å². The summed E-state index contributed by atoms with van der Waals surface area (Å²) in [5.41, 5.74) is 3.31. The van der Waals surface area contributed by atoms with Crippen molar-refractivity contribution in [3.05, 3.63) is 62.6 Å². The van der Waals surface area contributed by atoms with Crippen LogP contribution in [0.25, 0.3) is 0 Å². The van der Waals surface area contributed by atoms with E-state index in [9.17, 15) is 5.11 Å². The summed E-state index contributed by atoms with van der Waals surface area (Å²) in [5.74, 6) is 0.117. The standard InChI is InChI=1S/C16H16BrClO/c1-10-4-5-11(8-13(10)17)16(2,3)12-6-7-15(19)14(18)9-12/h4-9,19H,1-3H3. The lowest BCUT2D eigenvalue weighted by Gasteiger charge is -2.27. The van der Waals surface area contributed by atoms with Crippen molar-refractivity contribution in [2.45, 2.75) is 26.2 Å². The number of phenols is 1. The van der Waals surface area contributed by atoms with E-state index in [0.29, 0.717) is 5.02 Å². The molecule has 2 rings (SSSR count). The van der Waals surface area contributed by atoms with E-state index in [0.717, 1.165) is 10.0 Å². The highest BCUT2D eigenvalue weighted by Crippen LogP contribution is 2.36. The van der Waals surface area contributed by atoms with E-state index in [1.807, 2.05) is 12.1 Å². The molecule has 1 N–H and O–H groups in total. The Morgan fingerprint density at radius 3 is 2.21 bits per heavy atom. The van der Waals surface area contributed by atoms with E-state index in [1.54, 1.807) is 6.07 Å². The fraction of sp³-hybridized carbons (Fsp3) is 0.250. The summed E-state index contributed by atoms with van der Waals surface area (Å²) in [6.07, 6.45) is 0. The Labute approximate surface area is 127 Å². The summed E-state index contributed by atoms with van der Waals surface area (Å²) in [7, 11) is 0. The van der Waals surface area contributed by atoms with E-state index in [1.165, 1.54) is 11.1 Å². The van der Waals surface area contributed by atoms with Crippen molar-refractivity contribution in [1.82, 2.24) is 0 Å². The SMILES string of the molecule is Cc1ccc(C(C)(C)c2ccc(O)c(Cl)c2)cc1Br. The van der Waals surface area contributed by atoms with Gasteiger partial charge in [0.05, 0.1) is 5.02 Å². The second kappa shape index (κ2) is 5.18. The Morgan fingerprint density at radius 1 is 1.05 bits per heavy atom. The number of halogens is 2. The number of phenolic OH excluding ortho intramolecular Hbond substituents is 1. The minimum absolute atomic E-state index is 0.117. The van der Waals surface area contributed by atoms with E-state index in [4.69, 9.17) is 11.6 Å². The summed E-state index contributed by atoms with van der Waals surface area (Å²) < 4.78 is 1.10. The van der Waals surface area contributed by atoms with Gasteiger partial charge in [-0.1, -0.05) is 59.6 Å². The molecule has 0 spiro atoms. The monoisotopic (exact) mass is 338 g/mol. The molecule has 0 heterocycles. The molecule has 0 amide bonds. The third-order valence-electron chi connectivity index (χ3n) is 3.56. The molecule has 3 heteroatoms. The molecule has 1 nitrogen and oxygen atoms in total. The zero-order chi connectivity index (χ0) is 14.2. The van der Waals surface area contributed by atoms with Crippen molar-refractivity contribution in [2.24, 2.45) is 0 Å². The maximum atomic E-state index is 9.52. The Hall–Kier alpha value is -0.990. The highest BCUT2D eigenvalue weighted by molar-refractivity contribution is 9.10. The molecular formula is C16H16BrClO. The second-order valence-electron chi connectivity index (χ2n) is 5.26. The Morgan fingerprint density at radius 2 is 1.63 bits per heavy atom. The number of hydrogen-bond acceptors (Lipinski definition) is 1. The Balaban J connectivity index is 2.51. The molecule has 2 aromatic carbocycles. The fourth-order valence-corrected chi connectivity index (χ4v) is 2.60. The second-order valence-corrected chi connectivity index (χ2v) is 6.52. The average molecular weight is 340 g/mol. The largest absolute Gasteiger partial charge is 0.506 e. The van der Waals surface area contributed by atoms with Gasteiger partial charge < -0.3 is 5.11 Å². The molecule has 0 aliphatic carbocycles. The van der Waals surface area contributed by atoms with E-state index >= 15 is 0 Å². The van der Waals surface area contributed by atoms with E-state index in [2.05, 4.69) is 54.9 Å². The number of aryl methyl sites for hydroxylation is 1. The van der Waals surface area contributed by atoms with Crippen molar-refractivity contribution >= 4 is 27.5 Å². The highest BCUT2D eigenvalue weighted by Gasteiger charge is 2.24. The molecule has 0 aliphatic heterocycles. The van der Waals surface area contributed by atoms with Crippen LogP contribution in [-0.2, 0) is 5.41 Å². The third-order valence-corrected chi connectivity index (χ3v) is 4.72. The average Bonchev–Trinajstić information content (AvgIpc) is 2.35. The van der Waals surface area contributed by atoms with E-state index < -0.39 is 0 Å². The van der Waals surface area contributed by atoms with Gasteiger partial charge in [0.15, 0.2) is 0 Å². The molecule has 0 aromatic heterocycles. The Kier molecular flexibility index (Phi) is 3.93. The lowest BCUT2D eigenvalue weighted by atomic mass is 9.78. The van der Waals surface area contributed by atoms with Crippen molar-refractivity contribution in [3.63, 3.8) is 0 Å². The fourth-order valence-electron chi connectivity index (χ4n) is 2.04. The van der Waals surface area contributed by atoms with E-state index in [-0.39, 0.29) is 11.2 Å². The first-order valence-corrected chi connectivity index (χ1v) is 7.25. The summed E-state index contributed by atoms with van der Waals surface area (Å²) >= 11 is 9.58. The van der Waals surface area contributed by atoms with Crippen molar-refractivity contribution < 1.29 is 5.11 Å². The van der Waals surface area contributed by atoms with Crippen LogP contribution in [0.2, 0.25) is 5.02 Å². The topological polar surface area (TPSA) is 20.2 Å². The van der Waals surface area contributed by atoms with Gasteiger partial charge in [-0.2, -0.15) is 0 Å². The minimum Gasteiger partial charge on any atom is -0.506 e. The number of aromatic hydroxyl groups is 1. The molecule has 0 saturated heterocycles. The van der Waals surface area contributed by atoms with Crippen LogP contribution in [0.1, 0.15) is 30.5 Å². The highest BCUT2D eigenvalue weighted by atomic mass is 79.9. The first-order valence-electron chi connectivity index (χ1n) is 6.08. The maximum absolute atomic E-state index is 9.52. The molecule has 0 aliphatic rings. The predicted octanol–water partition coefficient (Wildman–Crippen LogP) is 5.44. The number of hydrogen-bond donors (Lipinski definition) is 1. The summed E-state index contributed by atoms with van der Waals surface area (Å²) in [6.45, 7) is 6.36. The van der Waals surface area contributed by atoms with Crippen LogP contribution in [0, 0.1) is 6.92 Å². The van der Waals surface area contributed by atoms with Crippen molar-refractivity contribution in [3.8, 4) is 5.75 Å². The molecule has 0 atom stereocenters. The Bertz CT molecular complexity index is 567. The summed E-state index contributed by atoms with van der Waals surface area (Å²) in [5, 5.41) is 9.91. The molecule has 0 unspecified atom stereocenters. The number of benzene rings is 2. The normalized spacial score (nSPS) is 11.6. The van der Waals surface area contributed by atoms with Gasteiger partial charge in [0.2, 0.25) is 0 Å². The molecule has 0 bridgehead atoms. The molecule has 100 valence electrons. The molecule has 0 saturated carbocycles. The molecule has 0 fully saturated rings. The van der Waals surface area contributed by atoms with Gasteiger partial charge in [0.1, 0.15) is 5.75 Å². The number of rotatable bonds is 2. The van der Waals surface area contributed by atoms with Gasteiger partial charge in [-0.05, 0) is 41.8 Å². The van der Waals surface area contributed by atoms with Crippen LogP contribution in [0.15, 0.2) is 40.9 Å². The summed E-state index contributed by atoms with van der Waals surface area (Å²) in [4.78, 5) is 0. The van der Waals surface area contributed by atoms with Gasteiger partial charge in [-0.25, -0.2) is 0 Å². The van der Waals surface area contributed by atoms with Gasteiger partial charge in [-0.15, -0.1) is 0 Å². The molecule has 0 radical (unpaired) electrons. The minimum atomic E-state index is -0.173. The zero-order valence-corrected chi connectivity index (χ0v) is 13.5. The predicted molar refractivity (Wildman–Crippen MR) is 84.1 cm³/mol. The third kappa shape index (κ3) is 2.80. The van der Waals surface area contributed by atoms with Gasteiger partial charge >= 0.3 is 0 Å². The molecular weight excluding hydrogens is 324 g/mol. The van der Waals surface area contributed by atoms with Crippen LogP contribution in [0.3, 0.4) is 0 Å². The first kappa shape index (κ1) is 14.4. The van der Waals surface area contributed by atoms with Crippen molar-refractivity contribution in [2.75, 3.05) is 0 Å².